The van der Waals surface area contributed by atoms with Gasteiger partial charge in [-0.3, -0.25) is 25.0 Å². The van der Waals surface area contributed by atoms with Crippen LogP contribution in [0.1, 0.15) is 25.7 Å². The van der Waals surface area contributed by atoms with Gasteiger partial charge in [0.05, 0.1) is 13.2 Å². The molecule has 2 N–H and O–H groups in total. The number of carbonyl (C=O) groups is 3. The Labute approximate surface area is 99.1 Å². The maximum absolute atomic E-state index is 11.6. The molecule has 2 amide bonds. The molecule has 2 rings (SSSR count). The summed E-state index contributed by atoms with van der Waals surface area (Å²) in [6.45, 7) is 0. The van der Waals surface area contributed by atoms with Gasteiger partial charge in [-0.1, -0.05) is 0 Å². The summed E-state index contributed by atoms with van der Waals surface area (Å²) in [7, 11) is 1.34. The van der Waals surface area contributed by atoms with E-state index in [4.69, 9.17) is 4.74 Å². The Morgan fingerprint density at radius 3 is 2.65 bits per heavy atom. The molecular formula is C11H16N2O4. The number of hydrogen-bond donors (Lipinski definition) is 2. The fraction of sp³-hybridized carbons (Fsp3) is 0.727. The number of ether oxygens (including phenoxy) is 1. The van der Waals surface area contributed by atoms with Crippen molar-refractivity contribution >= 4 is 17.8 Å². The minimum Gasteiger partial charge on any atom is -0.468 e. The Morgan fingerprint density at radius 2 is 2.12 bits per heavy atom. The molecule has 0 radical (unpaired) electrons. The standard InChI is InChI=1S/C11H16N2O4/c1-17-11(16)9(6-2-3-6)12-7-4-5-8(14)13-10(7)15/h6-7,9,12H,2-5H2,1H3,(H,13,14,15). The first-order chi connectivity index (χ1) is 8.11. The van der Waals surface area contributed by atoms with Gasteiger partial charge >= 0.3 is 5.97 Å². The summed E-state index contributed by atoms with van der Waals surface area (Å²) in [5.74, 6) is -0.685. The fourth-order valence-corrected chi connectivity index (χ4v) is 2.02. The van der Waals surface area contributed by atoms with E-state index in [-0.39, 0.29) is 23.7 Å². The second kappa shape index (κ2) is 4.83. The van der Waals surface area contributed by atoms with Gasteiger partial charge in [0, 0.05) is 6.42 Å². The molecule has 0 spiro atoms. The van der Waals surface area contributed by atoms with E-state index >= 15 is 0 Å². The number of nitrogens with one attached hydrogen (secondary N) is 2. The van der Waals surface area contributed by atoms with E-state index in [1.165, 1.54) is 7.11 Å². The Bertz CT molecular complexity index is 351. The van der Waals surface area contributed by atoms with Crippen molar-refractivity contribution in [2.24, 2.45) is 5.92 Å². The van der Waals surface area contributed by atoms with Crippen LogP contribution in [0.4, 0.5) is 0 Å². The lowest BCUT2D eigenvalue weighted by atomic mass is 10.0. The van der Waals surface area contributed by atoms with Crippen molar-refractivity contribution in [3.8, 4) is 0 Å². The third kappa shape index (κ3) is 2.82. The number of methoxy groups -OCH3 is 1. The molecular weight excluding hydrogens is 224 g/mol. The Hall–Kier alpha value is -1.43. The number of carbonyl (C=O) groups excluding carboxylic acids is 3. The van der Waals surface area contributed by atoms with Gasteiger partial charge in [0.1, 0.15) is 6.04 Å². The summed E-state index contributed by atoms with van der Waals surface area (Å²) < 4.78 is 4.71. The molecule has 2 atom stereocenters. The van der Waals surface area contributed by atoms with Gasteiger partial charge in [-0.2, -0.15) is 0 Å². The number of piperidine rings is 1. The SMILES string of the molecule is COC(=O)C(NC1CCC(=O)NC1=O)C1CC1. The lowest BCUT2D eigenvalue weighted by Crippen LogP contribution is -2.55. The Balaban J connectivity index is 1.95. The summed E-state index contributed by atoms with van der Waals surface area (Å²) >= 11 is 0. The van der Waals surface area contributed by atoms with Crippen LogP contribution < -0.4 is 10.6 Å². The van der Waals surface area contributed by atoms with Crippen molar-refractivity contribution in [3.05, 3.63) is 0 Å². The minimum absolute atomic E-state index is 0.255. The third-order valence-electron chi connectivity index (χ3n) is 3.17. The lowest BCUT2D eigenvalue weighted by Gasteiger charge is -2.26. The van der Waals surface area contributed by atoms with Gasteiger partial charge in [0.2, 0.25) is 11.8 Å². The van der Waals surface area contributed by atoms with Crippen molar-refractivity contribution in [1.82, 2.24) is 10.6 Å². The average Bonchev–Trinajstić information content (AvgIpc) is 3.11. The fourth-order valence-electron chi connectivity index (χ4n) is 2.02. The highest BCUT2D eigenvalue weighted by Gasteiger charge is 2.40. The van der Waals surface area contributed by atoms with Crippen LogP contribution in [0.15, 0.2) is 0 Å². The molecule has 94 valence electrons. The van der Waals surface area contributed by atoms with Gasteiger partial charge in [-0.05, 0) is 25.2 Å². The first kappa shape index (κ1) is 12.0. The molecule has 17 heavy (non-hydrogen) atoms. The van der Waals surface area contributed by atoms with Crippen molar-refractivity contribution in [2.45, 2.75) is 37.8 Å². The summed E-state index contributed by atoms with van der Waals surface area (Å²) in [4.78, 5) is 34.1. The minimum atomic E-state index is -0.475. The van der Waals surface area contributed by atoms with Gasteiger partial charge in [-0.15, -0.1) is 0 Å². The molecule has 1 heterocycles. The molecule has 2 unspecified atom stereocenters. The summed E-state index contributed by atoms with van der Waals surface area (Å²) in [6, 6.07) is -0.902. The van der Waals surface area contributed by atoms with Gasteiger partial charge in [0.15, 0.2) is 0 Å². The number of esters is 1. The molecule has 0 aromatic carbocycles. The second-order valence-corrected chi connectivity index (χ2v) is 4.51. The van der Waals surface area contributed by atoms with Crippen LogP contribution in [0.5, 0.6) is 0 Å². The highest BCUT2D eigenvalue weighted by Crippen LogP contribution is 2.33. The van der Waals surface area contributed by atoms with Crippen LogP contribution in [-0.2, 0) is 19.1 Å². The zero-order valence-corrected chi connectivity index (χ0v) is 9.69. The van der Waals surface area contributed by atoms with E-state index in [2.05, 4.69) is 10.6 Å². The molecule has 1 saturated carbocycles. The first-order valence-electron chi connectivity index (χ1n) is 5.79. The monoisotopic (exact) mass is 240 g/mol. The number of hydrogen-bond acceptors (Lipinski definition) is 5. The zero-order valence-electron chi connectivity index (χ0n) is 9.69. The van der Waals surface area contributed by atoms with Crippen LogP contribution in [0.3, 0.4) is 0 Å². The van der Waals surface area contributed by atoms with Crippen LogP contribution in [0.25, 0.3) is 0 Å². The predicted octanol–water partition coefficient (Wildman–Crippen LogP) is -0.667. The quantitative estimate of drug-likeness (QED) is 0.503. The highest BCUT2D eigenvalue weighted by atomic mass is 16.5. The number of rotatable bonds is 4. The summed E-state index contributed by atoms with van der Waals surface area (Å²) in [6.07, 6.45) is 2.69. The van der Waals surface area contributed by atoms with Gasteiger partial charge in [-0.25, -0.2) is 0 Å². The third-order valence-corrected chi connectivity index (χ3v) is 3.17. The van der Waals surface area contributed by atoms with E-state index in [1.807, 2.05) is 0 Å². The lowest BCUT2D eigenvalue weighted by molar-refractivity contribution is -0.144. The van der Waals surface area contributed by atoms with E-state index in [1.54, 1.807) is 0 Å². The molecule has 6 heteroatoms. The summed E-state index contributed by atoms with van der Waals surface area (Å²) in [5.41, 5.74) is 0. The molecule has 2 fully saturated rings. The van der Waals surface area contributed by atoms with Gasteiger partial charge < -0.3 is 4.74 Å². The molecule has 1 aliphatic heterocycles. The molecule has 1 aliphatic carbocycles. The van der Waals surface area contributed by atoms with E-state index in [0.29, 0.717) is 12.8 Å². The van der Waals surface area contributed by atoms with Crippen molar-refractivity contribution in [2.75, 3.05) is 7.11 Å². The molecule has 6 nitrogen and oxygen atoms in total. The predicted molar refractivity (Wildman–Crippen MR) is 57.8 cm³/mol. The normalized spacial score (nSPS) is 26.3. The smallest absolute Gasteiger partial charge is 0.323 e. The maximum atomic E-state index is 11.6. The van der Waals surface area contributed by atoms with E-state index in [0.717, 1.165) is 12.8 Å². The average molecular weight is 240 g/mol. The maximum Gasteiger partial charge on any atom is 0.323 e. The number of amides is 2. The van der Waals surface area contributed by atoms with Crippen molar-refractivity contribution in [1.29, 1.82) is 0 Å². The molecule has 0 aromatic rings. The number of imide groups is 1. The van der Waals surface area contributed by atoms with Crippen LogP contribution in [0, 0.1) is 5.92 Å². The molecule has 2 aliphatic rings. The molecule has 0 bridgehead atoms. The largest absolute Gasteiger partial charge is 0.468 e. The van der Waals surface area contributed by atoms with E-state index in [9.17, 15) is 14.4 Å². The van der Waals surface area contributed by atoms with Crippen LogP contribution >= 0.6 is 0 Å². The van der Waals surface area contributed by atoms with Crippen molar-refractivity contribution in [3.63, 3.8) is 0 Å². The molecule has 1 saturated heterocycles. The zero-order chi connectivity index (χ0) is 12.4. The van der Waals surface area contributed by atoms with Crippen LogP contribution in [-0.4, -0.2) is 37.0 Å². The highest BCUT2D eigenvalue weighted by molar-refractivity contribution is 6.00. The van der Waals surface area contributed by atoms with Crippen molar-refractivity contribution < 1.29 is 19.1 Å². The van der Waals surface area contributed by atoms with Crippen LogP contribution in [0.2, 0.25) is 0 Å². The second-order valence-electron chi connectivity index (χ2n) is 4.51. The van der Waals surface area contributed by atoms with E-state index < -0.39 is 12.1 Å². The molecule has 0 aromatic heterocycles. The topological polar surface area (TPSA) is 84.5 Å². The first-order valence-corrected chi connectivity index (χ1v) is 5.79. The summed E-state index contributed by atoms with van der Waals surface area (Å²) in [5, 5.41) is 5.26. The Kier molecular flexibility index (Phi) is 3.42. The Morgan fingerprint density at radius 1 is 1.41 bits per heavy atom. The van der Waals surface area contributed by atoms with Gasteiger partial charge in [0.25, 0.3) is 0 Å².